The van der Waals surface area contributed by atoms with Crippen LogP contribution < -0.4 is 5.32 Å². The molecule has 0 radical (unpaired) electrons. The number of carbonyl (C=O) groups is 2. The van der Waals surface area contributed by atoms with Crippen LogP contribution in [0.5, 0.6) is 0 Å². The van der Waals surface area contributed by atoms with E-state index in [1.54, 1.807) is 18.2 Å². The molecule has 2 amide bonds. The number of nitrogens with one attached hydrogen (secondary N) is 1. The van der Waals surface area contributed by atoms with Gasteiger partial charge in [-0.2, -0.15) is 0 Å². The largest absolute Gasteiger partial charge is 0.467 e. The Balaban J connectivity index is 2.51. The summed E-state index contributed by atoms with van der Waals surface area (Å²) >= 11 is 0. The molecule has 1 N–H and O–H groups in total. The van der Waals surface area contributed by atoms with E-state index in [9.17, 15) is 9.59 Å². The SMILES string of the molecule is C=CCNC(=O)CN(Cc1ccco1)C(C)=O. The zero-order chi connectivity index (χ0) is 12.7. The Kier molecular flexibility index (Phi) is 5.00. The second-order valence-corrected chi connectivity index (χ2v) is 3.55. The van der Waals surface area contributed by atoms with Gasteiger partial charge in [-0.1, -0.05) is 6.08 Å². The van der Waals surface area contributed by atoms with E-state index >= 15 is 0 Å². The summed E-state index contributed by atoms with van der Waals surface area (Å²) in [6.45, 7) is 5.63. The molecular weight excluding hydrogens is 220 g/mol. The van der Waals surface area contributed by atoms with Gasteiger partial charge in [0.1, 0.15) is 5.76 Å². The van der Waals surface area contributed by atoms with Crippen molar-refractivity contribution in [1.29, 1.82) is 0 Å². The molecule has 1 heterocycles. The maximum absolute atomic E-state index is 11.5. The van der Waals surface area contributed by atoms with Gasteiger partial charge in [-0.15, -0.1) is 6.58 Å². The quantitative estimate of drug-likeness (QED) is 0.747. The highest BCUT2D eigenvalue weighted by Crippen LogP contribution is 2.05. The van der Waals surface area contributed by atoms with Gasteiger partial charge in [0.25, 0.3) is 0 Å². The number of furan rings is 1. The van der Waals surface area contributed by atoms with Gasteiger partial charge in [0, 0.05) is 13.5 Å². The molecule has 1 aromatic rings. The molecular formula is C12H16N2O3. The summed E-state index contributed by atoms with van der Waals surface area (Å²) in [7, 11) is 0. The normalized spacial score (nSPS) is 9.71. The summed E-state index contributed by atoms with van der Waals surface area (Å²) in [5.41, 5.74) is 0. The number of carbonyl (C=O) groups excluding carboxylic acids is 2. The molecule has 0 aromatic carbocycles. The lowest BCUT2D eigenvalue weighted by molar-refractivity contribution is -0.135. The lowest BCUT2D eigenvalue weighted by Crippen LogP contribution is -2.39. The zero-order valence-corrected chi connectivity index (χ0v) is 9.81. The Bertz CT molecular complexity index is 384. The number of hydrogen-bond acceptors (Lipinski definition) is 3. The first kappa shape index (κ1) is 13.0. The third kappa shape index (κ3) is 4.55. The summed E-state index contributed by atoms with van der Waals surface area (Å²) in [6.07, 6.45) is 3.12. The van der Waals surface area contributed by atoms with E-state index in [0.29, 0.717) is 18.8 Å². The maximum atomic E-state index is 11.5. The summed E-state index contributed by atoms with van der Waals surface area (Å²) in [6, 6.07) is 3.50. The highest BCUT2D eigenvalue weighted by atomic mass is 16.3. The molecule has 0 aliphatic rings. The van der Waals surface area contributed by atoms with Crippen molar-refractivity contribution >= 4 is 11.8 Å². The summed E-state index contributed by atoms with van der Waals surface area (Å²) in [5, 5.41) is 2.62. The summed E-state index contributed by atoms with van der Waals surface area (Å²) < 4.78 is 5.14. The second-order valence-electron chi connectivity index (χ2n) is 3.55. The van der Waals surface area contributed by atoms with E-state index in [1.807, 2.05) is 0 Å². The van der Waals surface area contributed by atoms with Crippen LogP contribution in [0.25, 0.3) is 0 Å². The van der Waals surface area contributed by atoms with Gasteiger partial charge in [-0.3, -0.25) is 9.59 Å². The molecule has 0 unspecified atom stereocenters. The minimum Gasteiger partial charge on any atom is -0.467 e. The van der Waals surface area contributed by atoms with Crippen LogP contribution >= 0.6 is 0 Å². The van der Waals surface area contributed by atoms with Crippen LogP contribution in [0.1, 0.15) is 12.7 Å². The predicted octanol–water partition coefficient (Wildman–Crippen LogP) is 0.930. The van der Waals surface area contributed by atoms with E-state index in [1.165, 1.54) is 18.1 Å². The van der Waals surface area contributed by atoms with E-state index in [2.05, 4.69) is 11.9 Å². The molecule has 5 nitrogen and oxygen atoms in total. The topological polar surface area (TPSA) is 62.6 Å². The van der Waals surface area contributed by atoms with Crippen LogP contribution in [-0.4, -0.2) is 29.8 Å². The van der Waals surface area contributed by atoms with Crippen LogP contribution in [0.3, 0.4) is 0 Å². The average molecular weight is 236 g/mol. The standard InChI is InChI=1S/C12H16N2O3/c1-3-6-13-12(16)9-14(10(2)15)8-11-5-4-7-17-11/h3-5,7H,1,6,8-9H2,2H3,(H,13,16). The molecule has 0 aliphatic heterocycles. The molecule has 5 heteroatoms. The van der Waals surface area contributed by atoms with Crippen molar-refractivity contribution in [2.75, 3.05) is 13.1 Å². The third-order valence-corrected chi connectivity index (χ3v) is 2.15. The molecule has 0 spiro atoms. The lowest BCUT2D eigenvalue weighted by Gasteiger charge is -2.18. The Morgan fingerprint density at radius 3 is 2.88 bits per heavy atom. The fraction of sp³-hybridized carbons (Fsp3) is 0.333. The highest BCUT2D eigenvalue weighted by Gasteiger charge is 2.14. The number of nitrogens with zero attached hydrogens (tertiary/aromatic N) is 1. The average Bonchev–Trinajstić information content (AvgIpc) is 2.78. The van der Waals surface area contributed by atoms with Gasteiger partial charge in [0.05, 0.1) is 19.4 Å². The Morgan fingerprint density at radius 1 is 1.59 bits per heavy atom. The molecule has 0 fully saturated rings. The fourth-order valence-electron chi connectivity index (χ4n) is 1.28. The van der Waals surface area contributed by atoms with Crippen molar-refractivity contribution < 1.29 is 14.0 Å². The molecule has 0 saturated carbocycles. The van der Waals surface area contributed by atoms with Crippen LogP contribution in [0, 0.1) is 0 Å². The van der Waals surface area contributed by atoms with E-state index in [0.717, 1.165) is 0 Å². The van der Waals surface area contributed by atoms with Crippen molar-refractivity contribution in [3.63, 3.8) is 0 Å². The van der Waals surface area contributed by atoms with E-state index in [-0.39, 0.29) is 18.4 Å². The molecule has 0 bridgehead atoms. The van der Waals surface area contributed by atoms with Gasteiger partial charge >= 0.3 is 0 Å². The van der Waals surface area contributed by atoms with Crippen molar-refractivity contribution in [3.05, 3.63) is 36.8 Å². The first-order valence-electron chi connectivity index (χ1n) is 5.29. The number of amides is 2. The molecule has 0 aliphatic carbocycles. The first-order valence-corrected chi connectivity index (χ1v) is 5.29. The van der Waals surface area contributed by atoms with Crippen molar-refractivity contribution in [1.82, 2.24) is 10.2 Å². The summed E-state index contributed by atoms with van der Waals surface area (Å²) in [4.78, 5) is 24.2. The molecule has 0 saturated heterocycles. The minimum atomic E-state index is -0.216. The Labute approximate surface area is 100 Å². The van der Waals surface area contributed by atoms with Crippen LogP contribution in [-0.2, 0) is 16.1 Å². The van der Waals surface area contributed by atoms with Gasteiger partial charge in [0.15, 0.2) is 0 Å². The van der Waals surface area contributed by atoms with E-state index < -0.39 is 0 Å². The van der Waals surface area contributed by atoms with Crippen LogP contribution in [0.4, 0.5) is 0 Å². The van der Waals surface area contributed by atoms with Crippen molar-refractivity contribution in [2.24, 2.45) is 0 Å². The molecule has 92 valence electrons. The first-order chi connectivity index (χ1) is 8.13. The van der Waals surface area contributed by atoms with Gasteiger partial charge < -0.3 is 14.6 Å². The Morgan fingerprint density at radius 2 is 2.35 bits per heavy atom. The van der Waals surface area contributed by atoms with Crippen molar-refractivity contribution in [2.45, 2.75) is 13.5 Å². The van der Waals surface area contributed by atoms with Crippen LogP contribution in [0.15, 0.2) is 35.5 Å². The molecule has 1 aromatic heterocycles. The minimum absolute atomic E-state index is 0.0177. The molecule has 17 heavy (non-hydrogen) atoms. The fourth-order valence-corrected chi connectivity index (χ4v) is 1.28. The molecule has 1 rings (SSSR count). The Hall–Kier alpha value is -2.04. The second kappa shape index (κ2) is 6.52. The monoisotopic (exact) mass is 236 g/mol. The van der Waals surface area contributed by atoms with Gasteiger partial charge in [0.2, 0.25) is 11.8 Å². The smallest absolute Gasteiger partial charge is 0.239 e. The lowest BCUT2D eigenvalue weighted by atomic mass is 10.3. The zero-order valence-electron chi connectivity index (χ0n) is 9.81. The summed E-state index contributed by atoms with van der Waals surface area (Å²) in [5.74, 6) is 0.263. The van der Waals surface area contributed by atoms with Gasteiger partial charge in [-0.05, 0) is 12.1 Å². The number of hydrogen-bond donors (Lipinski definition) is 1. The van der Waals surface area contributed by atoms with E-state index in [4.69, 9.17) is 4.42 Å². The molecule has 0 atom stereocenters. The maximum Gasteiger partial charge on any atom is 0.239 e. The van der Waals surface area contributed by atoms with Gasteiger partial charge in [-0.25, -0.2) is 0 Å². The highest BCUT2D eigenvalue weighted by molar-refractivity contribution is 5.83. The number of rotatable bonds is 6. The van der Waals surface area contributed by atoms with Crippen molar-refractivity contribution in [3.8, 4) is 0 Å². The predicted molar refractivity (Wildman–Crippen MR) is 63.0 cm³/mol. The van der Waals surface area contributed by atoms with Crippen LogP contribution in [0.2, 0.25) is 0 Å². The third-order valence-electron chi connectivity index (χ3n) is 2.15.